The van der Waals surface area contributed by atoms with Crippen LogP contribution in [-0.2, 0) is 9.47 Å². The topological polar surface area (TPSA) is 150 Å². The molecular formula is C20H18Li2N4O6. The van der Waals surface area contributed by atoms with E-state index in [1.54, 1.807) is 12.5 Å². The molecule has 10 nitrogen and oxygen atoms in total. The molecule has 2 atom stereocenters. The molecule has 12 heteroatoms. The fourth-order valence-corrected chi connectivity index (χ4v) is 2.78. The van der Waals surface area contributed by atoms with E-state index in [-0.39, 0.29) is 60.9 Å². The number of carbonyl (C=O) groups excluding carboxylic acids is 2. The van der Waals surface area contributed by atoms with Gasteiger partial charge in [-0.2, -0.15) is 0 Å². The molecule has 0 radical (unpaired) electrons. The fourth-order valence-electron chi connectivity index (χ4n) is 2.78. The largest absolute Gasteiger partial charge is 1.00 e. The Balaban J connectivity index is 0.000000301. The van der Waals surface area contributed by atoms with Crippen LogP contribution >= 0.6 is 0 Å². The molecule has 0 bridgehead atoms. The average molecular weight is 424 g/mol. The van der Waals surface area contributed by atoms with Crippen LogP contribution in [-0.4, -0.2) is 45.1 Å². The van der Waals surface area contributed by atoms with E-state index in [1.165, 1.54) is 24.5 Å². The van der Waals surface area contributed by atoms with Crippen LogP contribution < -0.4 is 47.9 Å². The van der Waals surface area contributed by atoms with E-state index in [9.17, 15) is 19.8 Å². The first kappa shape index (κ1) is 27.4. The molecule has 0 spiro atoms. The standard InChI is InChI=1S/2C10H10N2O3.2Li/c2*13-10(14)8-1-4-11-9(12-8)7-2-5-15-6-3-7;;/h2*1-2,4-5,7H,3,6H2,(H,13,14);;/q;;2*+1/p-2. The smallest absolute Gasteiger partial charge is 0.543 e. The summed E-state index contributed by atoms with van der Waals surface area (Å²) in [4.78, 5) is 37.1. The zero-order valence-electron chi connectivity index (χ0n) is 17.8. The molecule has 0 fully saturated rings. The number of nitrogens with zero attached hydrogens (tertiary/aromatic N) is 4. The number of ether oxygens (including phenoxy) is 2. The molecule has 0 N–H and O–H groups in total. The molecule has 2 aromatic heterocycles. The molecule has 0 amide bonds. The van der Waals surface area contributed by atoms with Crippen molar-refractivity contribution in [1.82, 2.24) is 19.9 Å². The normalized spacial score (nSPS) is 18.4. The number of hydrogen-bond donors (Lipinski definition) is 0. The monoisotopic (exact) mass is 424 g/mol. The van der Waals surface area contributed by atoms with Crippen LogP contribution in [0.25, 0.3) is 0 Å². The van der Waals surface area contributed by atoms with Crippen molar-refractivity contribution in [1.29, 1.82) is 0 Å². The second-order valence-corrected chi connectivity index (χ2v) is 6.36. The maximum Gasteiger partial charge on any atom is 1.00 e. The molecule has 4 heterocycles. The van der Waals surface area contributed by atoms with E-state index in [0.29, 0.717) is 24.9 Å². The summed E-state index contributed by atoms with van der Waals surface area (Å²) >= 11 is 0. The van der Waals surface area contributed by atoms with Crippen LogP contribution in [0.3, 0.4) is 0 Å². The van der Waals surface area contributed by atoms with Gasteiger partial charge in [0.1, 0.15) is 11.6 Å². The van der Waals surface area contributed by atoms with Gasteiger partial charge in [0.2, 0.25) is 0 Å². The predicted octanol–water partition coefficient (Wildman–Crippen LogP) is -6.28. The predicted molar refractivity (Wildman–Crippen MR) is 97.6 cm³/mol. The van der Waals surface area contributed by atoms with Gasteiger partial charge >= 0.3 is 37.7 Å². The second-order valence-electron chi connectivity index (χ2n) is 6.36. The van der Waals surface area contributed by atoms with Crippen molar-refractivity contribution in [2.75, 3.05) is 13.2 Å². The van der Waals surface area contributed by atoms with Crippen molar-refractivity contribution in [3.05, 3.63) is 72.2 Å². The Kier molecular flexibility index (Phi) is 11.7. The molecule has 32 heavy (non-hydrogen) atoms. The van der Waals surface area contributed by atoms with Crippen molar-refractivity contribution in [3.8, 4) is 0 Å². The first-order valence-electron chi connectivity index (χ1n) is 9.19. The number of hydrogen-bond acceptors (Lipinski definition) is 10. The van der Waals surface area contributed by atoms with E-state index in [1.807, 2.05) is 12.2 Å². The summed E-state index contributed by atoms with van der Waals surface area (Å²) in [6, 6.07) is 2.64. The van der Waals surface area contributed by atoms with Gasteiger partial charge in [-0.25, -0.2) is 19.9 Å². The molecule has 4 rings (SSSR count). The first-order chi connectivity index (χ1) is 14.5. The summed E-state index contributed by atoms with van der Waals surface area (Å²) < 4.78 is 10.1. The molecule has 2 aliphatic rings. The summed E-state index contributed by atoms with van der Waals surface area (Å²) in [5.74, 6) is -1.52. The molecule has 0 aromatic carbocycles. The van der Waals surface area contributed by atoms with Crippen LogP contribution in [0.5, 0.6) is 0 Å². The Morgan fingerprint density at radius 3 is 1.50 bits per heavy atom. The van der Waals surface area contributed by atoms with Gasteiger partial charge in [0, 0.05) is 24.2 Å². The summed E-state index contributed by atoms with van der Waals surface area (Å²) in [5.41, 5.74) is -0.167. The number of aromatic nitrogens is 4. The number of carboxylic acids is 2. The quantitative estimate of drug-likeness (QED) is 0.434. The molecule has 0 saturated heterocycles. The maximum absolute atomic E-state index is 10.6. The summed E-state index contributed by atoms with van der Waals surface area (Å²) in [7, 11) is 0. The van der Waals surface area contributed by atoms with Crippen LogP contribution in [0.1, 0.15) is 57.3 Å². The van der Waals surface area contributed by atoms with Gasteiger partial charge in [-0.15, -0.1) is 0 Å². The average Bonchev–Trinajstić information content (AvgIpc) is 2.81. The SMILES string of the molecule is O=C([O-])c1ccnc(C2C=COCC2)n1.O=C([O-])c1ccnc(C2C=COCC2)n1.[Li+].[Li+]. The Hall–Kier alpha value is -2.63. The van der Waals surface area contributed by atoms with Crippen molar-refractivity contribution in [3.63, 3.8) is 0 Å². The van der Waals surface area contributed by atoms with E-state index in [0.717, 1.165) is 12.8 Å². The van der Waals surface area contributed by atoms with E-state index < -0.39 is 11.9 Å². The number of carboxylic acid groups (broad SMARTS) is 2. The van der Waals surface area contributed by atoms with Gasteiger partial charge in [0.25, 0.3) is 0 Å². The van der Waals surface area contributed by atoms with Gasteiger partial charge in [-0.3, -0.25) is 0 Å². The zero-order chi connectivity index (χ0) is 21.3. The third-order valence-electron chi connectivity index (χ3n) is 4.34. The van der Waals surface area contributed by atoms with E-state index in [2.05, 4.69) is 19.9 Å². The van der Waals surface area contributed by atoms with Gasteiger partial charge in [-0.1, -0.05) is 0 Å². The maximum atomic E-state index is 10.6. The molecule has 0 saturated carbocycles. The molecule has 2 unspecified atom stereocenters. The van der Waals surface area contributed by atoms with E-state index >= 15 is 0 Å². The Bertz CT molecular complexity index is 895. The van der Waals surface area contributed by atoms with Gasteiger partial charge in [-0.05, 0) is 37.1 Å². The van der Waals surface area contributed by atoms with E-state index in [4.69, 9.17) is 9.47 Å². The number of aromatic carboxylic acids is 2. The zero-order valence-corrected chi connectivity index (χ0v) is 17.8. The van der Waals surface area contributed by atoms with Crippen molar-refractivity contribution in [2.45, 2.75) is 24.7 Å². The van der Waals surface area contributed by atoms with Crippen LogP contribution in [0.4, 0.5) is 0 Å². The van der Waals surface area contributed by atoms with Gasteiger partial charge in [0.05, 0.1) is 49.1 Å². The molecular weight excluding hydrogens is 406 g/mol. The Morgan fingerprint density at radius 2 is 1.19 bits per heavy atom. The Morgan fingerprint density at radius 1 is 0.781 bits per heavy atom. The van der Waals surface area contributed by atoms with Gasteiger partial charge in [0.15, 0.2) is 0 Å². The summed E-state index contributed by atoms with van der Waals surface area (Å²) in [6.45, 7) is 1.19. The fraction of sp³-hybridized carbons (Fsp3) is 0.300. The molecule has 2 aromatic rings. The van der Waals surface area contributed by atoms with Crippen molar-refractivity contribution >= 4 is 11.9 Å². The third-order valence-corrected chi connectivity index (χ3v) is 4.34. The molecule has 0 aliphatic carbocycles. The minimum Gasteiger partial charge on any atom is -0.543 e. The van der Waals surface area contributed by atoms with Gasteiger partial charge < -0.3 is 29.3 Å². The second kappa shape index (κ2) is 13.7. The molecule has 2 aliphatic heterocycles. The van der Waals surface area contributed by atoms with Crippen LogP contribution in [0.15, 0.2) is 49.2 Å². The number of rotatable bonds is 4. The number of allylic oxidation sites excluding steroid dienone is 2. The minimum atomic E-state index is -1.28. The third kappa shape index (κ3) is 7.81. The van der Waals surface area contributed by atoms with Crippen LogP contribution in [0.2, 0.25) is 0 Å². The first-order valence-corrected chi connectivity index (χ1v) is 9.19. The minimum absolute atomic E-state index is 0. The summed E-state index contributed by atoms with van der Waals surface area (Å²) in [6.07, 6.45) is 11.2. The van der Waals surface area contributed by atoms with Crippen LogP contribution in [0, 0.1) is 0 Å². The summed E-state index contributed by atoms with van der Waals surface area (Å²) in [5, 5.41) is 21.2. The van der Waals surface area contributed by atoms with Crippen molar-refractivity contribution < 1.29 is 67.0 Å². The molecule has 156 valence electrons. The Labute approximate surface area is 208 Å². The van der Waals surface area contributed by atoms with Crippen molar-refractivity contribution in [2.24, 2.45) is 0 Å². The number of carbonyl (C=O) groups is 2.